The summed E-state index contributed by atoms with van der Waals surface area (Å²) in [6, 6.07) is 20.1. The van der Waals surface area contributed by atoms with E-state index in [0.717, 1.165) is 18.5 Å². The molecule has 1 saturated heterocycles. The van der Waals surface area contributed by atoms with E-state index in [1.165, 1.54) is 16.3 Å². The highest BCUT2D eigenvalue weighted by atomic mass is 16.5. The maximum absolute atomic E-state index is 13.0. The second-order valence-electron chi connectivity index (χ2n) is 9.10. The number of rotatable bonds is 8. The van der Waals surface area contributed by atoms with E-state index in [-0.39, 0.29) is 29.8 Å². The molecular formula is C27H33N3O3. The van der Waals surface area contributed by atoms with Crippen molar-refractivity contribution in [2.24, 2.45) is 0 Å². The topological polar surface area (TPSA) is 73.8 Å². The van der Waals surface area contributed by atoms with Gasteiger partial charge in [0.15, 0.2) is 0 Å². The highest BCUT2D eigenvalue weighted by molar-refractivity contribution is 5.83. The summed E-state index contributed by atoms with van der Waals surface area (Å²) >= 11 is 0. The van der Waals surface area contributed by atoms with Gasteiger partial charge in [-0.1, -0.05) is 36.4 Å². The van der Waals surface area contributed by atoms with Gasteiger partial charge in [0.25, 0.3) is 0 Å². The molecule has 1 heterocycles. The second-order valence-corrected chi connectivity index (χ2v) is 9.10. The number of benzene rings is 3. The largest absolute Gasteiger partial charge is 0.508 e. The molecule has 0 saturated carbocycles. The summed E-state index contributed by atoms with van der Waals surface area (Å²) < 4.78 is 5.28. The van der Waals surface area contributed by atoms with Crippen LogP contribution in [0.2, 0.25) is 0 Å². The van der Waals surface area contributed by atoms with E-state index < -0.39 is 0 Å². The molecule has 3 aromatic carbocycles. The Hall–Kier alpha value is -3.09. The summed E-state index contributed by atoms with van der Waals surface area (Å²) in [6.45, 7) is 5.96. The summed E-state index contributed by atoms with van der Waals surface area (Å²) in [5.74, 6) is 1.02. The zero-order valence-electron chi connectivity index (χ0n) is 19.5. The molecule has 6 heteroatoms. The molecule has 0 aliphatic carbocycles. The van der Waals surface area contributed by atoms with Crippen LogP contribution >= 0.6 is 0 Å². The molecule has 174 valence electrons. The van der Waals surface area contributed by atoms with Crippen molar-refractivity contribution in [1.82, 2.24) is 15.5 Å². The Morgan fingerprint density at radius 1 is 1.12 bits per heavy atom. The number of likely N-dealkylation sites (tertiary alicyclic amines) is 1. The molecule has 33 heavy (non-hydrogen) atoms. The number of ether oxygens (including phenoxy) is 1. The fraction of sp³-hybridized carbons (Fsp3) is 0.370. The molecule has 2 atom stereocenters. The lowest BCUT2D eigenvalue weighted by molar-refractivity contribution is -0.126. The molecule has 6 nitrogen and oxygen atoms in total. The normalized spacial score (nSPS) is 18.7. The van der Waals surface area contributed by atoms with E-state index in [4.69, 9.17) is 4.74 Å². The number of nitrogens with zero attached hydrogens (tertiary/aromatic N) is 1. The third kappa shape index (κ3) is 5.64. The van der Waals surface area contributed by atoms with Crippen molar-refractivity contribution < 1.29 is 14.6 Å². The van der Waals surface area contributed by atoms with Crippen molar-refractivity contribution in [2.75, 3.05) is 13.7 Å². The van der Waals surface area contributed by atoms with Crippen LogP contribution in [0, 0.1) is 0 Å². The monoisotopic (exact) mass is 447 g/mol. The Kier molecular flexibility index (Phi) is 7.16. The highest BCUT2D eigenvalue weighted by Crippen LogP contribution is 2.26. The fourth-order valence-corrected chi connectivity index (χ4v) is 4.54. The number of aromatic hydroxyl groups is 1. The smallest absolute Gasteiger partial charge is 0.237 e. The summed E-state index contributed by atoms with van der Waals surface area (Å²) in [5.41, 5.74) is 1.98. The summed E-state index contributed by atoms with van der Waals surface area (Å²) in [4.78, 5) is 15.2. The molecule has 1 fully saturated rings. The van der Waals surface area contributed by atoms with Crippen LogP contribution in [0.3, 0.4) is 0 Å². The number of carbonyl (C=O) groups is 1. The van der Waals surface area contributed by atoms with Crippen molar-refractivity contribution in [3.05, 3.63) is 71.8 Å². The number of methoxy groups -OCH3 is 1. The number of fused-ring (bicyclic) bond motifs is 1. The predicted molar refractivity (Wildman–Crippen MR) is 131 cm³/mol. The first-order valence-corrected chi connectivity index (χ1v) is 11.5. The lowest BCUT2D eigenvalue weighted by Gasteiger charge is -2.24. The number of phenolic OH excluding ortho intramolecular Hbond substituents is 1. The standard InChI is InChI=1S/C27H33N3O3/c1-18(2)29-27(32)25-14-23(28-15-22-13-24(33-3)10-11-26(22)31)17-30(25)16-19-8-9-20-6-4-5-7-21(20)12-19/h4-13,18,23,25,28,31H,14-17H2,1-3H3,(H,29,32)/t23-,25-/m0/s1. The van der Waals surface area contributed by atoms with Gasteiger partial charge in [-0.2, -0.15) is 0 Å². The van der Waals surface area contributed by atoms with E-state index in [1.54, 1.807) is 19.2 Å². The molecule has 1 amide bonds. The maximum Gasteiger partial charge on any atom is 0.237 e. The summed E-state index contributed by atoms with van der Waals surface area (Å²) in [6.07, 6.45) is 0.719. The minimum atomic E-state index is -0.199. The molecule has 3 aromatic rings. The van der Waals surface area contributed by atoms with Gasteiger partial charge >= 0.3 is 0 Å². The average Bonchev–Trinajstić information content (AvgIpc) is 3.20. The molecule has 1 aliphatic heterocycles. The van der Waals surface area contributed by atoms with Gasteiger partial charge in [-0.05, 0) is 60.9 Å². The van der Waals surface area contributed by atoms with Gasteiger partial charge in [0.1, 0.15) is 11.5 Å². The molecule has 0 radical (unpaired) electrons. The van der Waals surface area contributed by atoms with Gasteiger partial charge in [-0.15, -0.1) is 0 Å². The van der Waals surface area contributed by atoms with Crippen molar-refractivity contribution >= 4 is 16.7 Å². The molecule has 0 unspecified atom stereocenters. The minimum Gasteiger partial charge on any atom is -0.508 e. The highest BCUT2D eigenvalue weighted by Gasteiger charge is 2.36. The van der Waals surface area contributed by atoms with E-state index >= 15 is 0 Å². The molecule has 0 spiro atoms. The number of nitrogens with one attached hydrogen (secondary N) is 2. The summed E-state index contributed by atoms with van der Waals surface area (Å²) in [5, 5.41) is 19.3. The van der Waals surface area contributed by atoms with E-state index in [2.05, 4.69) is 51.9 Å². The van der Waals surface area contributed by atoms with Crippen molar-refractivity contribution in [3.63, 3.8) is 0 Å². The Labute approximate surface area is 195 Å². The van der Waals surface area contributed by atoms with Crippen LogP contribution in [0.1, 0.15) is 31.4 Å². The Morgan fingerprint density at radius 2 is 1.91 bits per heavy atom. The zero-order chi connectivity index (χ0) is 23.4. The van der Waals surface area contributed by atoms with Crippen molar-refractivity contribution in [3.8, 4) is 11.5 Å². The van der Waals surface area contributed by atoms with Gasteiger partial charge < -0.3 is 20.5 Å². The number of hydrogen-bond donors (Lipinski definition) is 3. The third-order valence-electron chi connectivity index (χ3n) is 6.20. The van der Waals surface area contributed by atoms with E-state index in [9.17, 15) is 9.90 Å². The minimum absolute atomic E-state index is 0.0688. The SMILES string of the molecule is COc1ccc(O)c(CN[C@H]2C[C@@H](C(=O)NC(C)C)N(Cc3ccc4ccccc4c3)C2)c1. The predicted octanol–water partition coefficient (Wildman–Crippen LogP) is 3.81. The number of hydrogen-bond acceptors (Lipinski definition) is 5. The number of carbonyl (C=O) groups excluding carboxylic acids is 1. The number of phenols is 1. The first kappa shape index (κ1) is 23.1. The van der Waals surface area contributed by atoms with E-state index in [1.807, 2.05) is 26.0 Å². The molecule has 3 N–H and O–H groups in total. The second kappa shape index (κ2) is 10.2. The van der Waals surface area contributed by atoms with Gasteiger partial charge in [-0.3, -0.25) is 9.69 Å². The first-order chi connectivity index (χ1) is 15.9. The molecule has 0 bridgehead atoms. The van der Waals surface area contributed by atoms with Gasteiger partial charge in [-0.25, -0.2) is 0 Å². The lowest BCUT2D eigenvalue weighted by atomic mass is 10.1. The van der Waals surface area contributed by atoms with E-state index in [0.29, 0.717) is 18.8 Å². The van der Waals surface area contributed by atoms with Crippen LogP contribution in [0.5, 0.6) is 11.5 Å². The maximum atomic E-state index is 13.0. The Bertz CT molecular complexity index is 1110. The van der Waals surface area contributed by atoms with Crippen LogP contribution in [0.25, 0.3) is 10.8 Å². The zero-order valence-corrected chi connectivity index (χ0v) is 19.5. The van der Waals surface area contributed by atoms with Crippen LogP contribution in [-0.2, 0) is 17.9 Å². The van der Waals surface area contributed by atoms with Crippen molar-refractivity contribution in [2.45, 2.75) is 51.5 Å². The van der Waals surface area contributed by atoms with Gasteiger partial charge in [0.05, 0.1) is 13.2 Å². The third-order valence-corrected chi connectivity index (χ3v) is 6.20. The number of amides is 1. The van der Waals surface area contributed by atoms with Crippen molar-refractivity contribution in [1.29, 1.82) is 0 Å². The quantitative estimate of drug-likeness (QED) is 0.490. The average molecular weight is 448 g/mol. The fourth-order valence-electron chi connectivity index (χ4n) is 4.54. The molecule has 4 rings (SSSR count). The Morgan fingerprint density at radius 3 is 2.67 bits per heavy atom. The van der Waals surface area contributed by atoms with Crippen LogP contribution < -0.4 is 15.4 Å². The van der Waals surface area contributed by atoms with Gasteiger partial charge in [0.2, 0.25) is 5.91 Å². The van der Waals surface area contributed by atoms with Crippen LogP contribution in [0.4, 0.5) is 0 Å². The first-order valence-electron chi connectivity index (χ1n) is 11.5. The van der Waals surface area contributed by atoms with Gasteiger partial charge in [0, 0.05) is 37.3 Å². The van der Waals surface area contributed by atoms with Crippen LogP contribution in [0.15, 0.2) is 60.7 Å². The lowest BCUT2D eigenvalue weighted by Crippen LogP contribution is -2.45. The summed E-state index contributed by atoms with van der Waals surface area (Å²) in [7, 11) is 1.61. The van der Waals surface area contributed by atoms with Crippen LogP contribution in [-0.4, -0.2) is 47.7 Å². The molecule has 0 aromatic heterocycles. The Balaban J connectivity index is 1.48. The molecular weight excluding hydrogens is 414 g/mol. The molecule has 1 aliphatic rings.